The Labute approximate surface area is 136 Å². The molecule has 4 rings (SSSR count). The summed E-state index contributed by atoms with van der Waals surface area (Å²) in [7, 11) is 0. The van der Waals surface area contributed by atoms with Crippen molar-refractivity contribution in [1.82, 2.24) is 14.7 Å². The molecule has 0 unspecified atom stereocenters. The monoisotopic (exact) mass is 316 g/mol. The molecule has 2 amide bonds. The van der Waals surface area contributed by atoms with Crippen LogP contribution >= 0.6 is 0 Å². The van der Waals surface area contributed by atoms with Gasteiger partial charge in [-0.3, -0.25) is 4.68 Å². The van der Waals surface area contributed by atoms with Crippen molar-refractivity contribution in [2.24, 2.45) is 11.8 Å². The third kappa shape index (κ3) is 3.27. The van der Waals surface area contributed by atoms with E-state index in [9.17, 15) is 4.79 Å². The average molecular weight is 316 g/mol. The summed E-state index contributed by atoms with van der Waals surface area (Å²) < 4.78 is 7.48. The molecule has 124 valence electrons. The van der Waals surface area contributed by atoms with Gasteiger partial charge in [-0.1, -0.05) is 12.2 Å². The molecule has 3 aliphatic rings. The van der Waals surface area contributed by atoms with Crippen LogP contribution in [0.15, 0.2) is 24.5 Å². The van der Waals surface area contributed by atoms with Crippen molar-refractivity contribution in [2.75, 3.05) is 25.0 Å². The summed E-state index contributed by atoms with van der Waals surface area (Å²) in [6.45, 7) is 3.34. The van der Waals surface area contributed by atoms with Crippen LogP contribution in [0.2, 0.25) is 0 Å². The zero-order valence-electron chi connectivity index (χ0n) is 13.4. The number of carbonyl (C=O) groups is 1. The summed E-state index contributed by atoms with van der Waals surface area (Å²) in [5, 5.41) is 7.31. The van der Waals surface area contributed by atoms with E-state index >= 15 is 0 Å². The first-order chi connectivity index (χ1) is 11.3. The van der Waals surface area contributed by atoms with Gasteiger partial charge in [0.05, 0.1) is 24.5 Å². The van der Waals surface area contributed by atoms with E-state index in [0.29, 0.717) is 11.8 Å². The summed E-state index contributed by atoms with van der Waals surface area (Å²) >= 11 is 0. The maximum atomic E-state index is 12.4. The SMILES string of the molecule is O=C(Nc1cnn(C[C@@H]2CCCO2)c1)N1C[C@H]2CC=CC[C@@H]2C1. The standard InChI is InChI=1S/C17H24N4O2/c22-17(20-9-13-4-1-2-5-14(13)10-20)19-15-8-18-21(11-15)12-16-6-3-7-23-16/h1-2,8,11,13-14,16H,3-7,9-10,12H2,(H,19,22)/t13-,14-,16+/m1/s1. The van der Waals surface area contributed by atoms with Crippen LogP contribution < -0.4 is 5.32 Å². The van der Waals surface area contributed by atoms with Crippen molar-refractivity contribution in [3.8, 4) is 0 Å². The van der Waals surface area contributed by atoms with Crippen LogP contribution in [0.4, 0.5) is 10.5 Å². The van der Waals surface area contributed by atoms with Gasteiger partial charge in [-0.2, -0.15) is 5.10 Å². The first kappa shape index (κ1) is 14.8. The van der Waals surface area contributed by atoms with E-state index in [-0.39, 0.29) is 12.1 Å². The second-order valence-corrected chi connectivity index (χ2v) is 6.88. The summed E-state index contributed by atoms with van der Waals surface area (Å²) in [4.78, 5) is 14.4. The number of anilines is 1. The van der Waals surface area contributed by atoms with E-state index in [1.807, 2.05) is 15.8 Å². The molecule has 0 radical (unpaired) electrons. The molecule has 0 spiro atoms. The summed E-state index contributed by atoms with van der Waals surface area (Å²) in [6.07, 6.45) is 12.8. The highest BCUT2D eigenvalue weighted by atomic mass is 16.5. The number of allylic oxidation sites excluding steroid dienone is 2. The van der Waals surface area contributed by atoms with E-state index in [1.165, 1.54) is 0 Å². The first-order valence-electron chi connectivity index (χ1n) is 8.63. The van der Waals surface area contributed by atoms with Gasteiger partial charge in [0.15, 0.2) is 0 Å². The Morgan fingerprint density at radius 1 is 1.30 bits per heavy atom. The molecule has 23 heavy (non-hydrogen) atoms. The Bertz CT molecular complexity index is 575. The fourth-order valence-electron chi connectivity index (χ4n) is 3.91. The number of ether oxygens (including phenoxy) is 1. The molecule has 0 aromatic carbocycles. The fraction of sp³-hybridized carbons (Fsp3) is 0.647. The lowest BCUT2D eigenvalue weighted by Gasteiger charge is -2.17. The Kier molecular flexibility index (Phi) is 4.08. The van der Waals surface area contributed by atoms with Gasteiger partial charge in [0.1, 0.15) is 0 Å². The van der Waals surface area contributed by atoms with Crippen molar-refractivity contribution in [3.05, 3.63) is 24.5 Å². The van der Waals surface area contributed by atoms with Crippen molar-refractivity contribution in [2.45, 2.75) is 38.3 Å². The van der Waals surface area contributed by atoms with E-state index in [4.69, 9.17) is 4.74 Å². The van der Waals surface area contributed by atoms with Gasteiger partial charge in [-0.25, -0.2) is 4.79 Å². The quantitative estimate of drug-likeness (QED) is 0.872. The summed E-state index contributed by atoms with van der Waals surface area (Å²) in [6, 6.07) is -0.00364. The topological polar surface area (TPSA) is 59.4 Å². The van der Waals surface area contributed by atoms with Gasteiger partial charge >= 0.3 is 6.03 Å². The molecule has 2 fully saturated rings. The van der Waals surface area contributed by atoms with Crippen molar-refractivity contribution in [1.29, 1.82) is 0 Å². The van der Waals surface area contributed by atoms with Crippen LogP contribution in [-0.4, -0.2) is 46.5 Å². The predicted molar refractivity (Wildman–Crippen MR) is 87.1 cm³/mol. The Balaban J connectivity index is 1.31. The van der Waals surface area contributed by atoms with Crippen molar-refractivity contribution in [3.63, 3.8) is 0 Å². The smallest absolute Gasteiger partial charge is 0.321 e. The van der Waals surface area contributed by atoms with Crippen LogP contribution in [-0.2, 0) is 11.3 Å². The lowest BCUT2D eigenvalue weighted by molar-refractivity contribution is 0.0940. The molecule has 6 nitrogen and oxygen atoms in total. The van der Waals surface area contributed by atoms with Gasteiger partial charge in [-0.15, -0.1) is 0 Å². The molecule has 0 bridgehead atoms. The van der Waals surface area contributed by atoms with Crippen LogP contribution in [0.3, 0.4) is 0 Å². The number of nitrogens with one attached hydrogen (secondary N) is 1. The number of hydrogen-bond donors (Lipinski definition) is 1. The number of amides is 2. The highest BCUT2D eigenvalue weighted by Gasteiger charge is 2.35. The molecule has 1 aliphatic carbocycles. The van der Waals surface area contributed by atoms with Gasteiger partial charge in [0.2, 0.25) is 0 Å². The number of rotatable bonds is 3. The van der Waals surface area contributed by atoms with Gasteiger partial charge in [0.25, 0.3) is 0 Å². The molecule has 0 saturated carbocycles. The van der Waals surface area contributed by atoms with E-state index in [2.05, 4.69) is 22.6 Å². The number of nitrogens with zero attached hydrogens (tertiary/aromatic N) is 3. The van der Waals surface area contributed by atoms with Crippen molar-refractivity contribution < 1.29 is 9.53 Å². The largest absolute Gasteiger partial charge is 0.376 e. The minimum atomic E-state index is -0.00364. The predicted octanol–water partition coefficient (Wildman–Crippen LogP) is 2.49. The fourth-order valence-corrected chi connectivity index (χ4v) is 3.91. The number of hydrogen-bond acceptors (Lipinski definition) is 3. The molecule has 3 heterocycles. The maximum absolute atomic E-state index is 12.4. The lowest BCUT2D eigenvalue weighted by atomic mass is 9.86. The van der Waals surface area contributed by atoms with E-state index < -0.39 is 0 Å². The Hall–Kier alpha value is -1.82. The van der Waals surface area contributed by atoms with Crippen molar-refractivity contribution >= 4 is 11.7 Å². The third-order valence-electron chi connectivity index (χ3n) is 5.21. The summed E-state index contributed by atoms with van der Waals surface area (Å²) in [5.74, 6) is 1.26. The minimum absolute atomic E-state index is 0.00364. The second kappa shape index (κ2) is 6.35. The number of carbonyl (C=O) groups excluding carboxylic acids is 1. The highest BCUT2D eigenvalue weighted by molar-refractivity contribution is 5.89. The second-order valence-electron chi connectivity index (χ2n) is 6.88. The zero-order chi connectivity index (χ0) is 15.6. The average Bonchev–Trinajstić information content (AvgIpc) is 3.28. The molecule has 2 saturated heterocycles. The highest BCUT2D eigenvalue weighted by Crippen LogP contribution is 2.32. The van der Waals surface area contributed by atoms with Gasteiger partial charge in [-0.05, 0) is 37.5 Å². The Morgan fingerprint density at radius 2 is 2.09 bits per heavy atom. The van der Waals surface area contributed by atoms with Crippen LogP contribution in [0.5, 0.6) is 0 Å². The van der Waals surface area contributed by atoms with Gasteiger partial charge < -0.3 is 15.0 Å². The Morgan fingerprint density at radius 3 is 2.78 bits per heavy atom. The van der Waals surface area contributed by atoms with E-state index in [0.717, 1.165) is 57.6 Å². The molecular weight excluding hydrogens is 292 g/mol. The summed E-state index contributed by atoms with van der Waals surface area (Å²) in [5.41, 5.74) is 0.765. The minimum Gasteiger partial charge on any atom is -0.376 e. The molecular formula is C17H24N4O2. The lowest BCUT2D eigenvalue weighted by Crippen LogP contribution is -2.33. The van der Waals surface area contributed by atoms with Crippen LogP contribution in [0.25, 0.3) is 0 Å². The van der Waals surface area contributed by atoms with Crippen LogP contribution in [0, 0.1) is 11.8 Å². The molecule has 1 aromatic rings. The van der Waals surface area contributed by atoms with Crippen LogP contribution in [0.1, 0.15) is 25.7 Å². The molecule has 3 atom stereocenters. The molecule has 1 N–H and O–H groups in total. The van der Waals surface area contributed by atoms with E-state index in [1.54, 1.807) is 6.20 Å². The first-order valence-corrected chi connectivity index (χ1v) is 8.63. The molecule has 2 aliphatic heterocycles. The molecule has 1 aromatic heterocycles. The zero-order valence-corrected chi connectivity index (χ0v) is 13.4. The number of urea groups is 1. The normalized spacial score (nSPS) is 29.7. The maximum Gasteiger partial charge on any atom is 0.321 e. The third-order valence-corrected chi connectivity index (χ3v) is 5.21. The molecule has 6 heteroatoms. The number of aromatic nitrogens is 2. The number of likely N-dealkylation sites (tertiary alicyclic amines) is 1. The number of fused-ring (bicyclic) bond motifs is 1. The van der Waals surface area contributed by atoms with Gasteiger partial charge in [0, 0.05) is 25.9 Å².